The van der Waals surface area contributed by atoms with Gasteiger partial charge in [-0.1, -0.05) is 0 Å². The van der Waals surface area contributed by atoms with Crippen molar-refractivity contribution < 1.29 is 4.74 Å². The third-order valence-electron chi connectivity index (χ3n) is 5.36. The number of H-pyrrole nitrogens is 1. The normalized spacial score (nSPS) is 27.5. The summed E-state index contributed by atoms with van der Waals surface area (Å²) < 4.78 is 5.61. The van der Waals surface area contributed by atoms with Crippen LogP contribution >= 0.6 is 0 Å². The zero-order chi connectivity index (χ0) is 15.6. The first-order chi connectivity index (χ1) is 11.3. The van der Waals surface area contributed by atoms with E-state index >= 15 is 0 Å². The molecule has 1 unspecified atom stereocenters. The highest BCUT2D eigenvalue weighted by Gasteiger charge is 2.27. The van der Waals surface area contributed by atoms with Crippen molar-refractivity contribution in [2.24, 2.45) is 0 Å². The van der Waals surface area contributed by atoms with E-state index < -0.39 is 0 Å². The smallest absolute Gasteiger partial charge is 0.150 e. The molecule has 1 atom stereocenters. The summed E-state index contributed by atoms with van der Waals surface area (Å²) in [5.74, 6) is 1.90. The van der Waals surface area contributed by atoms with Gasteiger partial charge in [0, 0.05) is 70.0 Å². The van der Waals surface area contributed by atoms with Crippen molar-refractivity contribution >= 4 is 5.82 Å². The summed E-state index contributed by atoms with van der Waals surface area (Å²) in [6, 6.07) is 2.27. The molecular weight excluding hydrogens is 290 g/mol. The molecule has 2 aliphatic heterocycles. The molecule has 3 heterocycles. The van der Waals surface area contributed by atoms with Crippen LogP contribution in [0.1, 0.15) is 31.4 Å². The molecule has 23 heavy (non-hydrogen) atoms. The maximum atomic E-state index is 5.61. The first-order valence-electron chi connectivity index (χ1n) is 9.14. The van der Waals surface area contributed by atoms with Gasteiger partial charge >= 0.3 is 0 Å². The second kappa shape index (κ2) is 6.79. The van der Waals surface area contributed by atoms with Crippen LogP contribution in [0.5, 0.6) is 0 Å². The number of aromatic nitrogens is 2. The second-order valence-corrected chi connectivity index (χ2v) is 7.27. The number of rotatable bonds is 5. The number of aromatic amines is 1. The van der Waals surface area contributed by atoms with Crippen molar-refractivity contribution in [1.82, 2.24) is 20.0 Å². The van der Waals surface area contributed by atoms with Crippen LogP contribution in [0.2, 0.25) is 0 Å². The Hall–Kier alpha value is -1.11. The highest BCUT2D eigenvalue weighted by atomic mass is 16.5. The van der Waals surface area contributed by atoms with Crippen molar-refractivity contribution in [2.45, 2.75) is 31.8 Å². The topological polar surface area (TPSA) is 47.6 Å². The van der Waals surface area contributed by atoms with Crippen LogP contribution in [0.4, 0.5) is 5.82 Å². The zero-order valence-corrected chi connectivity index (χ0v) is 14.2. The highest BCUT2D eigenvalue weighted by molar-refractivity contribution is 5.41. The van der Waals surface area contributed by atoms with Gasteiger partial charge in [-0.2, -0.15) is 5.10 Å². The number of anilines is 1. The molecule has 6 heteroatoms. The third kappa shape index (κ3) is 3.87. The average molecular weight is 319 g/mol. The van der Waals surface area contributed by atoms with Gasteiger partial charge in [-0.15, -0.1) is 0 Å². The van der Waals surface area contributed by atoms with E-state index in [0.717, 1.165) is 57.6 Å². The summed E-state index contributed by atoms with van der Waals surface area (Å²) in [6.07, 6.45) is 3.05. The number of nitrogens with zero attached hydrogens (tertiary/aromatic N) is 4. The van der Waals surface area contributed by atoms with Gasteiger partial charge in [-0.25, -0.2) is 0 Å². The van der Waals surface area contributed by atoms with Gasteiger partial charge < -0.3 is 9.64 Å². The number of hydrogen-bond donors (Lipinski definition) is 1. The lowest BCUT2D eigenvalue weighted by atomic mass is 10.2. The average Bonchev–Trinajstić information content (AvgIpc) is 3.31. The first-order valence-corrected chi connectivity index (χ1v) is 9.14. The monoisotopic (exact) mass is 319 g/mol. The number of piperazine rings is 1. The Balaban J connectivity index is 1.21. The van der Waals surface area contributed by atoms with Crippen molar-refractivity contribution in [3.63, 3.8) is 0 Å². The zero-order valence-electron chi connectivity index (χ0n) is 14.2. The van der Waals surface area contributed by atoms with E-state index in [1.807, 2.05) is 0 Å². The molecule has 4 rings (SSSR count). The molecular formula is C17H29N5O. The van der Waals surface area contributed by atoms with Crippen LogP contribution in [-0.4, -0.2) is 85.1 Å². The Morgan fingerprint density at radius 3 is 2.65 bits per heavy atom. The van der Waals surface area contributed by atoms with E-state index in [-0.39, 0.29) is 0 Å². The largest absolute Gasteiger partial charge is 0.376 e. The van der Waals surface area contributed by atoms with Gasteiger partial charge in [0.1, 0.15) is 0 Å². The molecule has 1 aliphatic carbocycles. The summed E-state index contributed by atoms with van der Waals surface area (Å²) >= 11 is 0. The standard InChI is InChI=1S/C17H29N5O/c1-14-13-21(10-11-23-14)5-4-20-6-8-22(9-7-20)17-12-16(18-19-17)15-2-3-15/h12,14-15H,2-11,13H2,1H3,(H,18,19). The molecule has 3 aliphatic rings. The Morgan fingerprint density at radius 2 is 1.91 bits per heavy atom. The molecule has 1 N–H and O–H groups in total. The van der Waals surface area contributed by atoms with Crippen LogP contribution in [0.3, 0.4) is 0 Å². The van der Waals surface area contributed by atoms with Crippen molar-refractivity contribution in [3.05, 3.63) is 11.8 Å². The number of nitrogens with one attached hydrogen (secondary N) is 1. The van der Waals surface area contributed by atoms with Gasteiger partial charge in [0.15, 0.2) is 5.82 Å². The predicted octanol–water partition coefficient (Wildman–Crippen LogP) is 1.13. The fraction of sp³-hybridized carbons (Fsp3) is 0.824. The minimum atomic E-state index is 0.390. The van der Waals surface area contributed by atoms with E-state index in [0.29, 0.717) is 6.10 Å². The lowest BCUT2D eigenvalue weighted by Gasteiger charge is -2.37. The fourth-order valence-corrected chi connectivity index (χ4v) is 3.67. The van der Waals surface area contributed by atoms with Crippen LogP contribution in [0, 0.1) is 0 Å². The van der Waals surface area contributed by atoms with Crippen molar-refractivity contribution in [2.75, 3.05) is 63.9 Å². The van der Waals surface area contributed by atoms with Crippen molar-refractivity contribution in [1.29, 1.82) is 0 Å². The maximum Gasteiger partial charge on any atom is 0.150 e. The van der Waals surface area contributed by atoms with Gasteiger partial charge in [0.05, 0.1) is 12.7 Å². The first kappa shape index (κ1) is 15.4. The predicted molar refractivity (Wildman–Crippen MR) is 91.1 cm³/mol. The van der Waals surface area contributed by atoms with Crippen molar-refractivity contribution in [3.8, 4) is 0 Å². The molecule has 0 bridgehead atoms. The molecule has 1 aromatic rings. The summed E-state index contributed by atoms with van der Waals surface area (Å²) in [7, 11) is 0. The van der Waals surface area contributed by atoms with E-state index in [1.54, 1.807) is 0 Å². The SMILES string of the molecule is CC1CN(CCN2CCN(c3cc(C4CC4)[nH]n3)CC2)CCO1. The Labute approximate surface area is 138 Å². The van der Waals surface area contributed by atoms with Crippen LogP contribution in [0.15, 0.2) is 6.07 Å². The summed E-state index contributed by atoms with van der Waals surface area (Å²) in [5.41, 5.74) is 1.34. The summed E-state index contributed by atoms with van der Waals surface area (Å²) in [5, 5.41) is 7.74. The Morgan fingerprint density at radius 1 is 1.13 bits per heavy atom. The minimum absolute atomic E-state index is 0.390. The van der Waals surface area contributed by atoms with E-state index in [1.165, 1.54) is 31.6 Å². The second-order valence-electron chi connectivity index (χ2n) is 7.27. The Kier molecular flexibility index (Phi) is 4.55. The lowest BCUT2D eigenvalue weighted by molar-refractivity contribution is -0.0207. The van der Waals surface area contributed by atoms with Gasteiger partial charge in [0.25, 0.3) is 0 Å². The molecule has 0 spiro atoms. The lowest BCUT2D eigenvalue weighted by Crippen LogP contribution is -2.50. The van der Waals surface area contributed by atoms with E-state index in [4.69, 9.17) is 4.74 Å². The van der Waals surface area contributed by atoms with Gasteiger partial charge in [0.2, 0.25) is 0 Å². The molecule has 0 amide bonds. The molecule has 0 aromatic carbocycles. The van der Waals surface area contributed by atoms with Crippen LogP contribution < -0.4 is 4.90 Å². The summed E-state index contributed by atoms with van der Waals surface area (Å²) in [6.45, 7) is 12.0. The molecule has 0 radical (unpaired) electrons. The Bertz CT molecular complexity index is 507. The van der Waals surface area contributed by atoms with Crippen LogP contribution in [0.25, 0.3) is 0 Å². The quantitative estimate of drug-likeness (QED) is 0.882. The molecule has 1 saturated carbocycles. The number of ether oxygens (including phenoxy) is 1. The highest BCUT2D eigenvalue weighted by Crippen LogP contribution is 2.39. The van der Waals surface area contributed by atoms with Crippen LogP contribution in [-0.2, 0) is 4.74 Å². The molecule has 128 valence electrons. The number of hydrogen-bond acceptors (Lipinski definition) is 5. The molecule has 2 saturated heterocycles. The van der Waals surface area contributed by atoms with Gasteiger partial charge in [-0.3, -0.25) is 14.9 Å². The van der Waals surface area contributed by atoms with E-state index in [2.05, 4.69) is 37.9 Å². The van der Waals surface area contributed by atoms with Gasteiger partial charge in [-0.05, 0) is 19.8 Å². The molecule has 3 fully saturated rings. The number of morpholine rings is 1. The summed E-state index contributed by atoms with van der Waals surface area (Å²) in [4.78, 5) is 7.55. The maximum absolute atomic E-state index is 5.61. The molecule has 6 nitrogen and oxygen atoms in total. The molecule has 1 aromatic heterocycles. The fourth-order valence-electron chi connectivity index (χ4n) is 3.67. The third-order valence-corrected chi connectivity index (χ3v) is 5.36. The minimum Gasteiger partial charge on any atom is -0.376 e. The van der Waals surface area contributed by atoms with E-state index in [9.17, 15) is 0 Å².